The van der Waals surface area contributed by atoms with Crippen molar-refractivity contribution in [2.45, 2.75) is 26.8 Å². The van der Waals surface area contributed by atoms with Gasteiger partial charge in [-0.15, -0.1) is 0 Å². The number of hydrogen-bond donors (Lipinski definition) is 1. The second-order valence-electron chi connectivity index (χ2n) is 3.97. The Bertz CT molecular complexity index is 450. The van der Waals surface area contributed by atoms with Gasteiger partial charge in [-0.25, -0.2) is 13.1 Å². The van der Waals surface area contributed by atoms with Crippen molar-refractivity contribution in [3.05, 3.63) is 11.3 Å². The molecule has 0 radical (unpaired) electrons. The molecule has 0 amide bonds. The van der Waals surface area contributed by atoms with Gasteiger partial charge in [0.05, 0.1) is 12.6 Å². The molecular formula is C9H15N3O2S. The number of amidine groups is 1. The normalized spacial score (nSPS) is 29.9. The Morgan fingerprint density at radius 2 is 2.13 bits per heavy atom. The first-order chi connectivity index (χ1) is 6.91. The number of fused-ring (bicyclic) bond motifs is 1. The lowest BCUT2D eigenvalue weighted by Crippen LogP contribution is -2.50. The summed E-state index contributed by atoms with van der Waals surface area (Å²) in [7, 11) is -3.17. The van der Waals surface area contributed by atoms with Crippen molar-refractivity contribution in [2.75, 3.05) is 12.4 Å². The van der Waals surface area contributed by atoms with Crippen LogP contribution in [0.15, 0.2) is 16.3 Å². The van der Waals surface area contributed by atoms with Crippen molar-refractivity contribution >= 4 is 15.9 Å². The number of rotatable bonds is 0. The van der Waals surface area contributed by atoms with Crippen LogP contribution >= 0.6 is 0 Å². The highest BCUT2D eigenvalue weighted by Gasteiger charge is 2.31. The van der Waals surface area contributed by atoms with E-state index in [0.717, 1.165) is 17.1 Å². The molecule has 1 N–H and O–H groups in total. The van der Waals surface area contributed by atoms with Crippen molar-refractivity contribution in [3.8, 4) is 0 Å². The van der Waals surface area contributed by atoms with Crippen LogP contribution in [0.1, 0.15) is 20.8 Å². The van der Waals surface area contributed by atoms with Crippen LogP contribution in [-0.4, -0.2) is 37.6 Å². The molecular weight excluding hydrogens is 214 g/mol. The fourth-order valence-corrected chi connectivity index (χ4v) is 3.03. The number of hydrogen-bond acceptors (Lipinski definition) is 4. The van der Waals surface area contributed by atoms with Crippen molar-refractivity contribution in [2.24, 2.45) is 4.99 Å². The molecule has 0 aliphatic carbocycles. The SMILES string of the molecule is CC1=N[C@@H](C)C(C)=C2CNS(=O)(=O)CN12. The van der Waals surface area contributed by atoms with E-state index < -0.39 is 10.0 Å². The van der Waals surface area contributed by atoms with Gasteiger partial charge in [-0.1, -0.05) is 0 Å². The van der Waals surface area contributed by atoms with Crippen LogP contribution in [0.2, 0.25) is 0 Å². The van der Waals surface area contributed by atoms with Gasteiger partial charge in [-0.2, -0.15) is 0 Å². The van der Waals surface area contributed by atoms with Gasteiger partial charge in [0.15, 0.2) is 0 Å². The number of sulfonamides is 1. The summed E-state index contributed by atoms with van der Waals surface area (Å²) in [6.45, 7) is 6.25. The molecule has 5 nitrogen and oxygen atoms in total. The third kappa shape index (κ3) is 1.79. The van der Waals surface area contributed by atoms with E-state index in [1.54, 1.807) is 4.90 Å². The molecule has 0 aromatic carbocycles. The average molecular weight is 229 g/mol. The summed E-state index contributed by atoms with van der Waals surface area (Å²) >= 11 is 0. The van der Waals surface area contributed by atoms with Crippen molar-refractivity contribution in [1.29, 1.82) is 0 Å². The van der Waals surface area contributed by atoms with E-state index in [9.17, 15) is 8.42 Å². The van der Waals surface area contributed by atoms with Crippen LogP contribution in [0, 0.1) is 0 Å². The van der Waals surface area contributed by atoms with Crippen molar-refractivity contribution < 1.29 is 8.42 Å². The summed E-state index contributed by atoms with van der Waals surface area (Å²) in [6.07, 6.45) is 0. The predicted molar refractivity (Wildman–Crippen MR) is 58.9 cm³/mol. The third-order valence-electron chi connectivity index (χ3n) is 2.94. The summed E-state index contributed by atoms with van der Waals surface area (Å²) in [5, 5.41) is 0. The summed E-state index contributed by atoms with van der Waals surface area (Å²) < 4.78 is 25.4. The van der Waals surface area contributed by atoms with Gasteiger partial charge in [0.25, 0.3) is 0 Å². The van der Waals surface area contributed by atoms with Crippen LogP contribution in [0.25, 0.3) is 0 Å². The molecule has 84 valence electrons. The number of nitrogens with zero attached hydrogens (tertiary/aromatic N) is 2. The zero-order chi connectivity index (χ0) is 11.2. The van der Waals surface area contributed by atoms with Crippen LogP contribution in [0.3, 0.4) is 0 Å². The quantitative estimate of drug-likeness (QED) is 0.648. The molecule has 0 aromatic rings. The van der Waals surface area contributed by atoms with E-state index in [0.29, 0.717) is 6.54 Å². The van der Waals surface area contributed by atoms with Crippen molar-refractivity contribution in [3.63, 3.8) is 0 Å². The summed E-state index contributed by atoms with van der Waals surface area (Å²) in [5.74, 6) is 0.773. The molecule has 2 aliphatic rings. The fraction of sp³-hybridized carbons (Fsp3) is 0.667. The Hall–Kier alpha value is -0.880. The van der Waals surface area contributed by atoms with Gasteiger partial charge in [-0.3, -0.25) is 4.99 Å². The van der Waals surface area contributed by atoms with E-state index in [1.807, 2.05) is 20.8 Å². The summed E-state index contributed by atoms with van der Waals surface area (Å²) in [6, 6.07) is 0.152. The second kappa shape index (κ2) is 3.31. The monoisotopic (exact) mass is 229 g/mol. The molecule has 2 heterocycles. The Morgan fingerprint density at radius 3 is 2.80 bits per heavy atom. The lowest BCUT2D eigenvalue weighted by Gasteiger charge is -2.37. The number of nitrogens with one attached hydrogen (secondary N) is 1. The highest BCUT2D eigenvalue weighted by Crippen LogP contribution is 2.24. The standard InChI is InChI=1S/C9H15N3O2S/c1-6-7(2)11-8(3)12-5-15(13,14)10-4-9(6)12/h7,10H,4-5H2,1-3H3/t7-/m0/s1. The maximum absolute atomic E-state index is 11.4. The highest BCUT2D eigenvalue weighted by molar-refractivity contribution is 7.89. The molecule has 1 fully saturated rings. The van der Waals surface area contributed by atoms with Crippen molar-refractivity contribution in [1.82, 2.24) is 9.62 Å². The summed E-state index contributed by atoms with van der Waals surface area (Å²) in [4.78, 5) is 6.18. The first kappa shape index (κ1) is 10.6. The second-order valence-corrected chi connectivity index (χ2v) is 5.75. The van der Waals surface area contributed by atoms with Gasteiger partial charge in [0.2, 0.25) is 10.0 Å². The van der Waals surface area contributed by atoms with E-state index in [2.05, 4.69) is 9.71 Å². The third-order valence-corrected chi connectivity index (χ3v) is 4.12. The highest BCUT2D eigenvalue weighted by atomic mass is 32.2. The molecule has 0 bridgehead atoms. The lowest BCUT2D eigenvalue weighted by atomic mass is 10.1. The van der Waals surface area contributed by atoms with Gasteiger partial charge >= 0.3 is 0 Å². The summed E-state index contributed by atoms with van der Waals surface area (Å²) in [5.41, 5.74) is 2.19. The van der Waals surface area contributed by atoms with E-state index >= 15 is 0 Å². The maximum atomic E-state index is 11.4. The van der Waals surface area contributed by atoms with Crippen LogP contribution < -0.4 is 4.72 Å². The fourth-order valence-electron chi connectivity index (χ4n) is 1.90. The topological polar surface area (TPSA) is 61.8 Å². The molecule has 0 aromatic heterocycles. The zero-order valence-electron chi connectivity index (χ0n) is 9.11. The molecule has 2 aliphatic heterocycles. The Balaban J connectivity index is 2.41. The van der Waals surface area contributed by atoms with E-state index in [-0.39, 0.29) is 11.9 Å². The molecule has 15 heavy (non-hydrogen) atoms. The van der Waals surface area contributed by atoms with E-state index in [4.69, 9.17) is 0 Å². The molecule has 0 saturated carbocycles. The molecule has 0 unspecified atom stereocenters. The van der Waals surface area contributed by atoms with Gasteiger partial charge in [0, 0.05) is 5.70 Å². The minimum absolute atomic E-state index is 0.0122. The predicted octanol–water partition coefficient (Wildman–Crippen LogP) is 0.273. The van der Waals surface area contributed by atoms with Crippen LogP contribution in [0.4, 0.5) is 0 Å². The van der Waals surface area contributed by atoms with Crippen LogP contribution in [0.5, 0.6) is 0 Å². The Labute approximate surface area is 89.9 Å². The Morgan fingerprint density at radius 1 is 1.47 bits per heavy atom. The zero-order valence-corrected chi connectivity index (χ0v) is 9.93. The molecule has 6 heteroatoms. The van der Waals surface area contributed by atoms with E-state index in [1.165, 1.54) is 0 Å². The molecule has 1 atom stereocenters. The minimum atomic E-state index is -3.17. The Kier molecular flexibility index (Phi) is 2.35. The first-order valence-corrected chi connectivity index (χ1v) is 6.55. The van der Waals surface area contributed by atoms with Crippen LogP contribution in [-0.2, 0) is 10.0 Å². The average Bonchev–Trinajstić information content (AvgIpc) is 2.13. The van der Waals surface area contributed by atoms with Gasteiger partial charge in [-0.05, 0) is 26.3 Å². The lowest BCUT2D eigenvalue weighted by molar-refractivity contribution is 0.475. The minimum Gasteiger partial charge on any atom is -0.316 e. The largest absolute Gasteiger partial charge is 0.316 e. The van der Waals surface area contributed by atoms with Gasteiger partial charge < -0.3 is 4.90 Å². The molecule has 0 spiro atoms. The smallest absolute Gasteiger partial charge is 0.230 e. The first-order valence-electron chi connectivity index (χ1n) is 4.89. The molecule has 2 rings (SSSR count). The number of aliphatic imine (C=N–C) groups is 1. The van der Waals surface area contributed by atoms with Gasteiger partial charge in [0.1, 0.15) is 11.7 Å². The molecule has 1 saturated heterocycles. The maximum Gasteiger partial charge on any atom is 0.230 e.